The Bertz CT molecular complexity index is 762. The van der Waals surface area contributed by atoms with Gasteiger partial charge in [0.25, 0.3) is 0 Å². The molecule has 0 saturated heterocycles. The van der Waals surface area contributed by atoms with Crippen LogP contribution >= 0.6 is 0 Å². The number of anilines is 1. The van der Waals surface area contributed by atoms with Crippen molar-refractivity contribution in [3.05, 3.63) is 54.2 Å². The van der Waals surface area contributed by atoms with Crippen LogP contribution in [0.15, 0.2) is 42.7 Å². The van der Waals surface area contributed by atoms with Crippen molar-refractivity contribution in [1.82, 2.24) is 19.4 Å². The number of fused-ring (bicyclic) bond motifs is 1. The Morgan fingerprint density at radius 1 is 1.24 bits per heavy atom. The van der Waals surface area contributed by atoms with Crippen molar-refractivity contribution in [2.75, 3.05) is 12.8 Å². The van der Waals surface area contributed by atoms with Crippen LogP contribution in [0.3, 0.4) is 0 Å². The van der Waals surface area contributed by atoms with Crippen molar-refractivity contribution in [3.8, 4) is 0 Å². The van der Waals surface area contributed by atoms with E-state index < -0.39 is 0 Å². The maximum absolute atomic E-state index is 6.12. The maximum Gasteiger partial charge on any atom is 0.122 e. The number of nitrogens with zero attached hydrogens (tertiary/aromatic N) is 4. The number of hydrogen-bond acceptors (Lipinski definition) is 4. The van der Waals surface area contributed by atoms with Crippen LogP contribution in [-0.2, 0) is 20.1 Å². The molecule has 0 bridgehead atoms. The van der Waals surface area contributed by atoms with E-state index in [1.54, 1.807) is 0 Å². The highest BCUT2D eigenvalue weighted by molar-refractivity contribution is 5.90. The van der Waals surface area contributed by atoms with Crippen LogP contribution in [0.5, 0.6) is 0 Å². The van der Waals surface area contributed by atoms with Gasteiger partial charge in [0.05, 0.1) is 17.8 Å². The van der Waals surface area contributed by atoms with Gasteiger partial charge in [0.15, 0.2) is 0 Å². The standard InChI is InChI=1S/C16H19N5/c1-20(11-16-18-7-8-21(16)2)10-12-9-14(17)13-5-3-4-6-15(13)19-12/h3-9H,10-11H2,1-2H3,(H2,17,19). The van der Waals surface area contributed by atoms with E-state index in [0.717, 1.165) is 41.2 Å². The van der Waals surface area contributed by atoms with Crippen LogP contribution in [0, 0.1) is 0 Å². The van der Waals surface area contributed by atoms with Crippen molar-refractivity contribution in [2.24, 2.45) is 7.05 Å². The van der Waals surface area contributed by atoms with Crippen molar-refractivity contribution in [1.29, 1.82) is 0 Å². The van der Waals surface area contributed by atoms with E-state index in [4.69, 9.17) is 5.73 Å². The first-order valence-corrected chi connectivity index (χ1v) is 6.92. The van der Waals surface area contributed by atoms with Gasteiger partial charge in [-0.3, -0.25) is 9.88 Å². The molecular formula is C16H19N5. The predicted octanol–water partition coefficient (Wildman–Crippen LogP) is 2.18. The number of hydrogen-bond donors (Lipinski definition) is 1. The van der Waals surface area contributed by atoms with Gasteiger partial charge in [0.1, 0.15) is 5.82 Å². The van der Waals surface area contributed by atoms with E-state index in [2.05, 4.69) is 21.9 Å². The number of aryl methyl sites for hydroxylation is 1. The van der Waals surface area contributed by atoms with Gasteiger partial charge in [0.2, 0.25) is 0 Å². The largest absolute Gasteiger partial charge is 0.398 e. The van der Waals surface area contributed by atoms with Gasteiger partial charge in [-0.2, -0.15) is 0 Å². The molecule has 2 N–H and O–H groups in total. The van der Waals surface area contributed by atoms with Crippen LogP contribution < -0.4 is 5.73 Å². The summed E-state index contributed by atoms with van der Waals surface area (Å²) in [5.74, 6) is 1.03. The zero-order valence-corrected chi connectivity index (χ0v) is 12.3. The highest BCUT2D eigenvalue weighted by Gasteiger charge is 2.08. The molecule has 0 fully saturated rings. The lowest BCUT2D eigenvalue weighted by atomic mass is 10.1. The van der Waals surface area contributed by atoms with Crippen LogP contribution in [0.25, 0.3) is 10.9 Å². The fraction of sp³-hybridized carbons (Fsp3) is 0.250. The molecule has 0 aliphatic heterocycles. The Morgan fingerprint density at radius 2 is 2.05 bits per heavy atom. The van der Waals surface area contributed by atoms with Crippen LogP contribution in [0.1, 0.15) is 11.5 Å². The molecule has 108 valence electrons. The number of nitrogens with two attached hydrogens (primary N) is 1. The molecule has 0 radical (unpaired) electrons. The highest BCUT2D eigenvalue weighted by Crippen LogP contribution is 2.20. The smallest absolute Gasteiger partial charge is 0.122 e. The van der Waals surface area contributed by atoms with Crippen LogP contribution in [0.4, 0.5) is 5.69 Å². The molecule has 0 aliphatic carbocycles. The first-order chi connectivity index (χ1) is 10.1. The van der Waals surface area contributed by atoms with Crippen molar-refractivity contribution >= 4 is 16.6 Å². The molecule has 1 aromatic carbocycles. The molecule has 0 saturated carbocycles. The van der Waals surface area contributed by atoms with Crippen molar-refractivity contribution < 1.29 is 0 Å². The minimum atomic E-state index is 0.738. The zero-order chi connectivity index (χ0) is 14.8. The molecule has 5 heteroatoms. The third-order valence-corrected chi connectivity index (χ3v) is 3.57. The minimum Gasteiger partial charge on any atom is -0.398 e. The van der Waals surface area contributed by atoms with Gasteiger partial charge in [-0.25, -0.2) is 4.98 Å². The molecule has 0 aliphatic rings. The average Bonchev–Trinajstić information content (AvgIpc) is 2.84. The van der Waals surface area contributed by atoms with Crippen LogP contribution in [0.2, 0.25) is 0 Å². The second kappa shape index (κ2) is 5.54. The van der Waals surface area contributed by atoms with Crippen LogP contribution in [-0.4, -0.2) is 26.5 Å². The maximum atomic E-state index is 6.12. The summed E-state index contributed by atoms with van der Waals surface area (Å²) >= 11 is 0. The van der Waals surface area contributed by atoms with Crippen molar-refractivity contribution in [2.45, 2.75) is 13.1 Å². The van der Waals surface area contributed by atoms with Gasteiger partial charge < -0.3 is 10.3 Å². The zero-order valence-electron chi connectivity index (χ0n) is 12.3. The second-order valence-electron chi connectivity index (χ2n) is 5.35. The third kappa shape index (κ3) is 2.87. The predicted molar refractivity (Wildman–Crippen MR) is 84.5 cm³/mol. The summed E-state index contributed by atoms with van der Waals surface area (Å²) in [5, 5.41) is 1.01. The molecule has 0 unspecified atom stereocenters. The lowest BCUT2D eigenvalue weighted by Crippen LogP contribution is -2.20. The monoisotopic (exact) mass is 281 g/mol. The number of benzene rings is 1. The quantitative estimate of drug-likeness (QED) is 0.796. The summed E-state index contributed by atoms with van der Waals surface area (Å²) in [6, 6.07) is 9.91. The average molecular weight is 281 g/mol. The summed E-state index contributed by atoms with van der Waals surface area (Å²) in [7, 11) is 4.06. The van der Waals surface area contributed by atoms with E-state index in [0.29, 0.717) is 0 Å². The van der Waals surface area contributed by atoms with Gasteiger partial charge >= 0.3 is 0 Å². The number of nitrogen functional groups attached to an aromatic ring is 1. The molecule has 0 spiro atoms. The normalized spacial score (nSPS) is 11.4. The number of rotatable bonds is 4. The molecule has 5 nitrogen and oxygen atoms in total. The Labute approximate surface area is 124 Å². The van der Waals surface area contributed by atoms with E-state index in [1.165, 1.54) is 0 Å². The summed E-state index contributed by atoms with van der Waals surface area (Å²) in [5.41, 5.74) is 8.81. The topological polar surface area (TPSA) is 60.0 Å². The number of imidazole rings is 1. The fourth-order valence-electron chi connectivity index (χ4n) is 2.46. The molecular weight excluding hydrogens is 262 g/mol. The first kappa shape index (κ1) is 13.6. The molecule has 2 aromatic heterocycles. The SMILES string of the molecule is CN(Cc1cc(N)c2ccccc2n1)Cc1nccn1C. The lowest BCUT2D eigenvalue weighted by molar-refractivity contribution is 0.304. The van der Waals surface area contributed by atoms with Gasteiger partial charge in [-0.15, -0.1) is 0 Å². The Hall–Kier alpha value is -2.40. The summed E-state index contributed by atoms with van der Waals surface area (Å²) < 4.78 is 2.03. The molecule has 2 heterocycles. The Balaban J connectivity index is 1.80. The molecule has 3 aromatic rings. The first-order valence-electron chi connectivity index (χ1n) is 6.92. The summed E-state index contributed by atoms with van der Waals surface area (Å²) in [6.45, 7) is 1.51. The molecule has 0 atom stereocenters. The number of para-hydroxylation sites is 1. The Morgan fingerprint density at radius 3 is 2.81 bits per heavy atom. The highest BCUT2D eigenvalue weighted by atomic mass is 15.2. The summed E-state index contributed by atoms with van der Waals surface area (Å²) in [6.07, 6.45) is 3.77. The van der Waals surface area contributed by atoms with Gasteiger partial charge in [-0.05, 0) is 19.2 Å². The molecule has 21 heavy (non-hydrogen) atoms. The minimum absolute atomic E-state index is 0.738. The fourth-order valence-corrected chi connectivity index (χ4v) is 2.46. The van der Waals surface area contributed by atoms with Gasteiger partial charge in [-0.1, -0.05) is 18.2 Å². The van der Waals surface area contributed by atoms with E-state index in [-0.39, 0.29) is 0 Å². The van der Waals surface area contributed by atoms with E-state index in [1.807, 2.05) is 54.3 Å². The number of aromatic nitrogens is 3. The van der Waals surface area contributed by atoms with Crippen molar-refractivity contribution in [3.63, 3.8) is 0 Å². The third-order valence-electron chi connectivity index (χ3n) is 3.57. The van der Waals surface area contributed by atoms with E-state index in [9.17, 15) is 0 Å². The summed E-state index contributed by atoms with van der Waals surface area (Å²) in [4.78, 5) is 11.2. The lowest BCUT2D eigenvalue weighted by Gasteiger charge is -2.16. The molecule has 3 rings (SSSR count). The number of pyridine rings is 1. The van der Waals surface area contributed by atoms with E-state index >= 15 is 0 Å². The Kier molecular flexibility index (Phi) is 3.58. The van der Waals surface area contributed by atoms with Gasteiger partial charge in [0, 0.05) is 37.1 Å². The second-order valence-corrected chi connectivity index (χ2v) is 5.35. The molecule has 0 amide bonds.